The van der Waals surface area contributed by atoms with E-state index in [4.69, 9.17) is 4.74 Å². The number of ether oxygens (including phenoxy) is 1. The molecule has 2 aromatic carbocycles. The van der Waals surface area contributed by atoms with Gasteiger partial charge in [0.05, 0.1) is 12.5 Å². The van der Waals surface area contributed by atoms with Crippen molar-refractivity contribution < 1.29 is 4.74 Å². The summed E-state index contributed by atoms with van der Waals surface area (Å²) in [6.45, 7) is 4.20. The van der Waals surface area contributed by atoms with Crippen LogP contribution in [0, 0.1) is 0 Å². The number of fused-ring (bicyclic) bond motifs is 1. The number of piperazine rings is 1. The molecule has 5 rings (SSSR count). The normalized spacial score (nSPS) is 14.4. The van der Waals surface area contributed by atoms with E-state index in [1.807, 2.05) is 48.0 Å². The smallest absolute Gasteiger partial charge is 0.229 e. The second kappa shape index (κ2) is 9.15. The highest BCUT2D eigenvalue weighted by Gasteiger charge is 2.16. The zero-order chi connectivity index (χ0) is 23.7. The van der Waals surface area contributed by atoms with E-state index in [0.717, 1.165) is 37.4 Å². The van der Waals surface area contributed by atoms with Crippen molar-refractivity contribution in [1.82, 2.24) is 19.4 Å². The van der Waals surface area contributed by atoms with Gasteiger partial charge in [0.15, 0.2) is 0 Å². The lowest BCUT2D eigenvalue weighted by atomic mass is 10.0. The predicted molar refractivity (Wildman–Crippen MR) is 136 cm³/mol. The van der Waals surface area contributed by atoms with Gasteiger partial charge in [-0.15, -0.1) is 0 Å². The van der Waals surface area contributed by atoms with E-state index in [-0.39, 0.29) is 5.43 Å². The molecule has 3 heterocycles. The lowest BCUT2D eigenvalue weighted by Gasteiger charge is -2.34. The van der Waals surface area contributed by atoms with Gasteiger partial charge in [-0.2, -0.15) is 4.98 Å². The molecule has 0 aliphatic carbocycles. The summed E-state index contributed by atoms with van der Waals surface area (Å²) in [6, 6.07) is 15.8. The molecule has 0 bridgehead atoms. The van der Waals surface area contributed by atoms with Crippen LogP contribution in [0.2, 0.25) is 0 Å². The van der Waals surface area contributed by atoms with Crippen LogP contribution in [0.1, 0.15) is 0 Å². The van der Waals surface area contributed by atoms with E-state index in [1.165, 1.54) is 5.69 Å². The average molecular weight is 457 g/mol. The highest BCUT2D eigenvalue weighted by Crippen LogP contribution is 2.28. The second-order valence-corrected chi connectivity index (χ2v) is 8.58. The number of benzene rings is 2. The first-order chi connectivity index (χ1) is 16.5. The van der Waals surface area contributed by atoms with Gasteiger partial charge in [0.1, 0.15) is 11.4 Å². The summed E-state index contributed by atoms with van der Waals surface area (Å²) in [5.74, 6) is 1.10. The van der Waals surface area contributed by atoms with Crippen LogP contribution in [-0.2, 0) is 7.05 Å². The van der Waals surface area contributed by atoms with E-state index >= 15 is 0 Å². The molecule has 8 nitrogen and oxygen atoms in total. The SMILES string of the molecule is COc1ccccc1-c1cn(C)c2nc(Nc3ccc(N4CCN(C)CC4)cc3)ncc2c1=O. The number of aromatic nitrogens is 3. The first kappa shape index (κ1) is 21.9. The van der Waals surface area contributed by atoms with Gasteiger partial charge in [0.25, 0.3) is 0 Å². The molecule has 4 aromatic rings. The fraction of sp³-hybridized carbons (Fsp3) is 0.269. The summed E-state index contributed by atoms with van der Waals surface area (Å²) < 4.78 is 7.30. The summed E-state index contributed by atoms with van der Waals surface area (Å²) in [7, 11) is 5.63. The minimum absolute atomic E-state index is 0.124. The first-order valence-corrected chi connectivity index (χ1v) is 11.3. The Labute approximate surface area is 198 Å². The zero-order valence-electron chi connectivity index (χ0n) is 19.7. The lowest BCUT2D eigenvalue weighted by molar-refractivity contribution is 0.313. The Balaban J connectivity index is 1.41. The monoisotopic (exact) mass is 456 g/mol. The Morgan fingerprint density at radius 3 is 2.41 bits per heavy atom. The number of anilines is 3. The van der Waals surface area contributed by atoms with Crippen LogP contribution < -0.4 is 20.4 Å². The molecule has 2 aromatic heterocycles. The topological polar surface area (TPSA) is 75.5 Å². The van der Waals surface area contributed by atoms with Gasteiger partial charge < -0.3 is 24.4 Å². The molecule has 34 heavy (non-hydrogen) atoms. The minimum Gasteiger partial charge on any atom is -0.496 e. The Morgan fingerprint density at radius 2 is 1.68 bits per heavy atom. The van der Waals surface area contributed by atoms with Gasteiger partial charge in [-0.1, -0.05) is 18.2 Å². The molecule has 1 N–H and O–H groups in total. The molecule has 1 aliphatic rings. The molecule has 1 aliphatic heterocycles. The van der Waals surface area contributed by atoms with Crippen LogP contribution in [0.4, 0.5) is 17.3 Å². The number of pyridine rings is 1. The van der Waals surface area contributed by atoms with Gasteiger partial charge in [-0.25, -0.2) is 4.98 Å². The maximum absolute atomic E-state index is 13.3. The number of para-hydroxylation sites is 1. The maximum atomic E-state index is 13.3. The summed E-state index contributed by atoms with van der Waals surface area (Å²) in [5.41, 5.74) is 3.85. The van der Waals surface area contributed by atoms with Gasteiger partial charge in [0.2, 0.25) is 11.4 Å². The van der Waals surface area contributed by atoms with Crippen LogP contribution in [0.25, 0.3) is 22.2 Å². The molecule has 0 saturated carbocycles. The molecule has 0 spiro atoms. The largest absolute Gasteiger partial charge is 0.496 e. The van der Waals surface area contributed by atoms with Gasteiger partial charge in [-0.05, 0) is 37.4 Å². The van der Waals surface area contributed by atoms with Crippen LogP contribution >= 0.6 is 0 Å². The van der Waals surface area contributed by atoms with E-state index in [1.54, 1.807) is 19.5 Å². The van der Waals surface area contributed by atoms with Gasteiger partial charge >= 0.3 is 0 Å². The number of likely N-dealkylation sites (N-methyl/N-ethyl adjacent to an activating group) is 1. The van der Waals surface area contributed by atoms with E-state index in [9.17, 15) is 4.79 Å². The number of nitrogens with zero attached hydrogens (tertiary/aromatic N) is 5. The van der Waals surface area contributed by atoms with E-state index < -0.39 is 0 Å². The van der Waals surface area contributed by atoms with Crippen molar-refractivity contribution in [3.8, 4) is 16.9 Å². The third-order valence-electron chi connectivity index (χ3n) is 6.30. The minimum atomic E-state index is -0.124. The fourth-order valence-electron chi connectivity index (χ4n) is 4.33. The number of hydrogen-bond acceptors (Lipinski definition) is 7. The standard InChI is InChI=1S/C26H28N6O2/c1-30-12-14-32(15-13-30)19-10-8-18(9-11-19)28-26-27-16-21-24(33)22(17-31(2)25(21)29-26)20-6-4-5-7-23(20)34-3/h4-11,16-17H,12-15H2,1-3H3,(H,27,28,29). The molecule has 0 atom stereocenters. The highest BCUT2D eigenvalue weighted by atomic mass is 16.5. The van der Waals surface area contributed by atoms with Gasteiger partial charge in [-0.3, -0.25) is 4.79 Å². The third-order valence-corrected chi connectivity index (χ3v) is 6.30. The fourth-order valence-corrected chi connectivity index (χ4v) is 4.33. The Hall–Kier alpha value is -3.91. The van der Waals surface area contributed by atoms with Crippen LogP contribution in [-0.4, -0.2) is 59.8 Å². The first-order valence-electron chi connectivity index (χ1n) is 11.3. The molecule has 174 valence electrons. The average Bonchev–Trinajstić information content (AvgIpc) is 2.87. The van der Waals surface area contributed by atoms with Crippen molar-refractivity contribution in [1.29, 1.82) is 0 Å². The van der Waals surface area contributed by atoms with Crippen LogP contribution in [0.3, 0.4) is 0 Å². The van der Waals surface area contributed by atoms with Crippen molar-refractivity contribution >= 4 is 28.4 Å². The van der Waals surface area contributed by atoms with Crippen molar-refractivity contribution in [2.45, 2.75) is 0 Å². The quantitative estimate of drug-likeness (QED) is 0.493. The Kier molecular flexibility index (Phi) is 5.90. The molecule has 8 heteroatoms. The summed E-state index contributed by atoms with van der Waals surface area (Å²) in [4.78, 5) is 27.0. The van der Waals surface area contributed by atoms with Crippen LogP contribution in [0.5, 0.6) is 5.75 Å². The van der Waals surface area contributed by atoms with E-state index in [0.29, 0.717) is 28.3 Å². The van der Waals surface area contributed by atoms with Crippen molar-refractivity contribution in [2.75, 3.05) is 50.6 Å². The molecule has 0 amide bonds. The van der Waals surface area contributed by atoms with Crippen molar-refractivity contribution in [3.05, 3.63) is 71.1 Å². The molecule has 1 fully saturated rings. The second-order valence-electron chi connectivity index (χ2n) is 8.58. The molecular formula is C26H28N6O2. The number of aryl methyl sites for hydroxylation is 1. The zero-order valence-corrected chi connectivity index (χ0v) is 19.7. The third kappa shape index (κ3) is 4.20. The lowest BCUT2D eigenvalue weighted by Crippen LogP contribution is -2.44. The number of methoxy groups -OCH3 is 1. The summed E-state index contributed by atoms with van der Waals surface area (Å²) in [6.07, 6.45) is 3.38. The number of nitrogens with one attached hydrogen (secondary N) is 1. The summed E-state index contributed by atoms with van der Waals surface area (Å²) in [5, 5.41) is 3.72. The predicted octanol–water partition coefficient (Wildman–Crippen LogP) is 3.50. The molecule has 1 saturated heterocycles. The highest BCUT2D eigenvalue weighted by molar-refractivity contribution is 5.83. The van der Waals surface area contributed by atoms with Gasteiger partial charge in [0, 0.05) is 68.1 Å². The van der Waals surface area contributed by atoms with Crippen molar-refractivity contribution in [3.63, 3.8) is 0 Å². The Morgan fingerprint density at radius 1 is 0.941 bits per heavy atom. The summed E-state index contributed by atoms with van der Waals surface area (Å²) >= 11 is 0. The maximum Gasteiger partial charge on any atom is 0.229 e. The van der Waals surface area contributed by atoms with Crippen molar-refractivity contribution in [2.24, 2.45) is 7.05 Å². The molecular weight excluding hydrogens is 428 g/mol. The number of rotatable bonds is 5. The van der Waals surface area contributed by atoms with E-state index in [2.05, 4.69) is 44.3 Å². The molecule has 0 unspecified atom stereocenters. The number of hydrogen-bond donors (Lipinski definition) is 1. The van der Waals surface area contributed by atoms with Crippen LogP contribution in [0.15, 0.2) is 65.7 Å². The Bertz CT molecular complexity index is 1370. The molecule has 0 radical (unpaired) electrons.